The minimum absolute atomic E-state index is 0.0501. The highest BCUT2D eigenvalue weighted by molar-refractivity contribution is 7.99. The van der Waals surface area contributed by atoms with Crippen molar-refractivity contribution >= 4 is 22.8 Å². The van der Waals surface area contributed by atoms with Crippen LogP contribution in [0.3, 0.4) is 0 Å². The molecule has 3 rings (SSSR count). The van der Waals surface area contributed by atoms with Gasteiger partial charge in [-0.1, -0.05) is 23.9 Å². The Morgan fingerprint density at radius 1 is 1.30 bits per heavy atom. The van der Waals surface area contributed by atoms with Gasteiger partial charge >= 0.3 is 0 Å². The summed E-state index contributed by atoms with van der Waals surface area (Å²) in [6.45, 7) is 2.01. The monoisotopic (exact) mass is 283 g/mol. The van der Waals surface area contributed by atoms with Gasteiger partial charge < -0.3 is 4.98 Å². The highest BCUT2D eigenvalue weighted by atomic mass is 32.2. The molecule has 3 nitrogen and oxygen atoms in total. The number of benzene rings is 2. The first-order valence-electron chi connectivity index (χ1n) is 6.00. The molecule has 0 aliphatic rings. The molecule has 0 saturated carbocycles. The van der Waals surface area contributed by atoms with Gasteiger partial charge in [0.1, 0.15) is 17.4 Å². The lowest BCUT2D eigenvalue weighted by atomic mass is 10.2. The lowest BCUT2D eigenvalue weighted by Gasteiger charge is -2.01. The molecule has 0 aliphatic heterocycles. The smallest absolute Gasteiger partial charge is 0.171 e. The average molecular weight is 283 g/mol. The molecule has 20 heavy (non-hydrogen) atoms. The number of imidazole rings is 1. The molecule has 0 fully saturated rings. The zero-order valence-corrected chi connectivity index (χ0v) is 11.5. The van der Waals surface area contributed by atoms with E-state index in [1.165, 1.54) is 17.8 Å². The topological polar surface area (TPSA) is 52.5 Å². The summed E-state index contributed by atoms with van der Waals surface area (Å²) >= 11 is 1.26. The first kappa shape index (κ1) is 12.7. The second-order valence-corrected chi connectivity index (χ2v) is 5.42. The van der Waals surface area contributed by atoms with Gasteiger partial charge in [0.15, 0.2) is 5.16 Å². The number of nitrogens with zero attached hydrogens (tertiary/aromatic N) is 2. The predicted octanol–water partition coefficient (Wildman–Crippen LogP) is 4.03. The van der Waals surface area contributed by atoms with Crippen LogP contribution >= 0.6 is 11.8 Å². The van der Waals surface area contributed by atoms with Crippen molar-refractivity contribution in [3.05, 3.63) is 53.3 Å². The van der Waals surface area contributed by atoms with Crippen LogP contribution < -0.4 is 0 Å². The van der Waals surface area contributed by atoms with Gasteiger partial charge in [0.2, 0.25) is 0 Å². The second-order valence-electron chi connectivity index (χ2n) is 4.39. The first-order valence-corrected chi connectivity index (χ1v) is 6.82. The lowest BCUT2D eigenvalue weighted by Crippen LogP contribution is -1.87. The predicted molar refractivity (Wildman–Crippen MR) is 76.1 cm³/mol. The molecule has 2 aromatic carbocycles. The van der Waals surface area contributed by atoms with E-state index in [1.54, 1.807) is 12.1 Å². The Kier molecular flexibility index (Phi) is 3.17. The molecular formula is C15H10FN3S. The van der Waals surface area contributed by atoms with Crippen molar-refractivity contribution in [3.8, 4) is 6.07 Å². The van der Waals surface area contributed by atoms with Crippen LogP contribution in [0.1, 0.15) is 11.1 Å². The minimum Gasteiger partial charge on any atom is -0.333 e. The van der Waals surface area contributed by atoms with E-state index in [-0.39, 0.29) is 5.56 Å². The van der Waals surface area contributed by atoms with Crippen LogP contribution in [0.5, 0.6) is 0 Å². The van der Waals surface area contributed by atoms with E-state index in [9.17, 15) is 4.39 Å². The van der Waals surface area contributed by atoms with Crippen LogP contribution in [0.4, 0.5) is 4.39 Å². The van der Waals surface area contributed by atoms with Crippen molar-refractivity contribution < 1.29 is 4.39 Å². The van der Waals surface area contributed by atoms with Gasteiger partial charge in [-0.15, -0.1) is 0 Å². The molecule has 5 heteroatoms. The van der Waals surface area contributed by atoms with Gasteiger partial charge in [0, 0.05) is 4.90 Å². The maximum absolute atomic E-state index is 13.5. The summed E-state index contributed by atoms with van der Waals surface area (Å²) in [5.41, 5.74) is 2.98. The van der Waals surface area contributed by atoms with Crippen LogP contribution in [0.25, 0.3) is 11.0 Å². The fourth-order valence-corrected chi connectivity index (χ4v) is 2.86. The molecule has 0 bridgehead atoms. The van der Waals surface area contributed by atoms with Gasteiger partial charge in [-0.05, 0) is 36.8 Å². The van der Waals surface area contributed by atoms with E-state index < -0.39 is 5.82 Å². The van der Waals surface area contributed by atoms with E-state index in [2.05, 4.69) is 9.97 Å². The quantitative estimate of drug-likeness (QED) is 0.772. The van der Waals surface area contributed by atoms with E-state index in [0.29, 0.717) is 10.1 Å². The average Bonchev–Trinajstić information content (AvgIpc) is 2.80. The minimum atomic E-state index is -0.510. The number of aromatic amines is 1. The number of rotatable bonds is 2. The molecule has 1 heterocycles. The summed E-state index contributed by atoms with van der Waals surface area (Å²) in [6, 6.07) is 12.4. The molecule has 0 spiro atoms. The van der Waals surface area contributed by atoms with Crippen LogP contribution in [0.15, 0.2) is 46.5 Å². The zero-order valence-electron chi connectivity index (χ0n) is 10.6. The van der Waals surface area contributed by atoms with E-state index in [1.807, 2.05) is 31.2 Å². The summed E-state index contributed by atoms with van der Waals surface area (Å²) in [6.07, 6.45) is 0. The van der Waals surface area contributed by atoms with Crippen molar-refractivity contribution in [2.75, 3.05) is 0 Å². The van der Waals surface area contributed by atoms with Gasteiger partial charge in [-0.2, -0.15) is 5.26 Å². The number of halogens is 1. The summed E-state index contributed by atoms with van der Waals surface area (Å²) in [7, 11) is 0. The maximum Gasteiger partial charge on any atom is 0.171 e. The molecule has 0 unspecified atom stereocenters. The molecule has 0 radical (unpaired) electrons. The standard InChI is InChI=1S/C15H10FN3S/c1-9-5-6-12-13(7-9)19-15(18-12)20-14-4-2-3-11(16)10(14)8-17/h2-7H,1H3,(H,18,19). The number of aromatic nitrogens is 2. The number of nitriles is 1. The fourth-order valence-electron chi connectivity index (χ4n) is 1.95. The third kappa shape index (κ3) is 2.26. The molecule has 0 saturated heterocycles. The van der Waals surface area contributed by atoms with Gasteiger partial charge in [0.25, 0.3) is 0 Å². The molecule has 0 aliphatic carbocycles. The molecule has 98 valence electrons. The Labute approximate surface area is 119 Å². The normalized spacial score (nSPS) is 10.7. The first-order chi connectivity index (χ1) is 9.67. The van der Waals surface area contributed by atoms with E-state index in [4.69, 9.17) is 5.26 Å². The van der Waals surface area contributed by atoms with Crippen molar-refractivity contribution in [2.45, 2.75) is 17.0 Å². The third-order valence-electron chi connectivity index (χ3n) is 2.91. The lowest BCUT2D eigenvalue weighted by molar-refractivity contribution is 0.620. The molecule has 1 N–H and O–H groups in total. The molecular weight excluding hydrogens is 273 g/mol. The number of nitrogens with one attached hydrogen (secondary N) is 1. The molecule has 1 aromatic heterocycles. The number of H-pyrrole nitrogens is 1. The van der Waals surface area contributed by atoms with E-state index in [0.717, 1.165) is 16.6 Å². The van der Waals surface area contributed by atoms with Crippen molar-refractivity contribution in [1.29, 1.82) is 5.26 Å². The Bertz CT molecular complexity index is 833. The number of hydrogen-bond acceptors (Lipinski definition) is 3. The van der Waals surface area contributed by atoms with Gasteiger partial charge in [-0.3, -0.25) is 0 Å². The summed E-state index contributed by atoms with van der Waals surface area (Å²) < 4.78 is 13.5. The Hall–Kier alpha value is -2.32. The molecule has 3 aromatic rings. The number of aryl methyl sites for hydroxylation is 1. The maximum atomic E-state index is 13.5. The van der Waals surface area contributed by atoms with E-state index >= 15 is 0 Å². The summed E-state index contributed by atoms with van der Waals surface area (Å²) in [5.74, 6) is -0.510. The SMILES string of the molecule is Cc1ccc2nc(Sc3cccc(F)c3C#N)[nH]c2c1. The highest BCUT2D eigenvalue weighted by Gasteiger charge is 2.11. The van der Waals surface area contributed by atoms with Crippen molar-refractivity contribution in [3.63, 3.8) is 0 Å². The summed E-state index contributed by atoms with van der Waals surface area (Å²) in [5, 5.41) is 9.67. The van der Waals surface area contributed by atoms with Crippen LogP contribution in [-0.4, -0.2) is 9.97 Å². The van der Waals surface area contributed by atoms with Crippen LogP contribution in [0.2, 0.25) is 0 Å². The Morgan fingerprint density at radius 2 is 2.15 bits per heavy atom. The summed E-state index contributed by atoms with van der Waals surface area (Å²) in [4.78, 5) is 8.16. The fraction of sp³-hybridized carbons (Fsp3) is 0.0667. The van der Waals surface area contributed by atoms with Crippen molar-refractivity contribution in [1.82, 2.24) is 9.97 Å². The van der Waals surface area contributed by atoms with Crippen LogP contribution in [-0.2, 0) is 0 Å². The van der Waals surface area contributed by atoms with Gasteiger partial charge in [-0.25, -0.2) is 9.37 Å². The molecule has 0 atom stereocenters. The van der Waals surface area contributed by atoms with Crippen molar-refractivity contribution in [2.24, 2.45) is 0 Å². The Morgan fingerprint density at radius 3 is 2.95 bits per heavy atom. The van der Waals surface area contributed by atoms with Gasteiger partial charge in [0.05, 0.1) is 11.0 Å². The highest BCUT2D eigenvalue weighted by Crippen LogP contribution is 2.30. The second kappa shape index (κ2) is 4.99. The third-order valence-corrected chi connectivity index (χ3v) is 3.86. The Balaban J connectivity index is 2.02. The molecule has 0 amide bonds. The largest absolute Gasteiger partial charge is 0.333 e. The number of hydrogen-bond donors (Lipinski definition) is 1. The zero-order chi connectivity index (χ0) is 14.1. The van der Waals surface area contributed by atoms with Crippen LogP contribution in [0, 0.1) is 24.1 Å². The number of fused-ring (bicyclic) bond motifs is 1.